The molecule has 1 N–H and O–H groups in total. The number of aryl methyl sites for hydroxylation is 1. The molecule has 0 radical (unpaired) electrons. The molecule has 0 atom stereocenters. The van der Waals surface area contributed by atoms with Crippen molar-refractivity contribution < 1.29 is 0 Å². The van der Waals surface area contributed by atoms with Crippen LogP contribution in [0.2, 0.25) is 0 Å². The van der Waals surface area contributed by atoms with Gasteiger partial charge >= 0.3 is 0 Å². The van der Waals surface area contributed by atoms with Crippen LogP contribution in [0, 0.1) is 5.92 Å². The number of hydrogen-bond acceptors (Lipinski definition) is 3. The molecule has 4 nitrogen and oxygen atoms in total. The Morgan fingerprint density at radius 1 is 1.33 bits per heavy atom. The van der Waals surface area contributed by atoms with Gasteiger partial charge in [0.2, 0.25) is 0 Å². The Labute approximate surface area is 107 Å². The fourth-order valence-electron chi connectivity index (χ4n) is 2.85. The van der Waals surface area contributed by atoms with E-state index in [0.29, 0.717) is 0 Å². The Hall–Kier alpha value is -1.58. The lowest BCUT2D eigenvalue weighted by Gasteiger charge is -2.21. The quantitative estimate of drug-likeness (QED) is 0.902. The maximum Gasteiger partial charge on any atom is 0.159 e. The molecular formula is C14H20N4. The Balaban J connectivity index is 1.74. The molecule has 0 spiro atoms. The summed E-state index contributed by atoms with van der Waals surface area (Å²) >= 11 is 0. The second-order valence-electron chi connectivity index (χ2n) is 5.23. The Kier molecular flexibility index (Phi) is 3.17. The average Bonchev–Trinajstić information content (AvgIpc) is 2.75. The molecule has 0 aliphatic heterocycles. The molecule has 1 saturated carbocycles. The third kappa shape index (κ3) is 2.19. The number of nitrogens with zero attached hydrogens (tertiary/aromatic N) is 3. The van der Waals surface area contributed by atoms with Crippen molar-refractivity contribution in [3.8, 4) is 0 Å². The first kappa shape index (κ1) is 11.5. The highest BCUT2D eigenvalue weighted by molar-refractivity contribution is 5.87. The fourth-order valence-corrected chi connectivity index (χ4v) is 2.85. The molecule has 3 rings (SSSR count). The maximum atomic E-state index is 4.52. The molecule has 2 aromatic heterocycles. The van der Waals surface area contributed by atoms with Gasteiger partial charge in [0.05, 0.1) is 5.39 Å². The summed E-state index contributed by atoms with van der Waals surface area (Å²) in [7, 11) is 1.95. The second kappa shape index (κ2) is 4.96. The van der Waals surface area contributed by atoms with Crippen LogP contribution in [0.25, 0.3) is 11.0 Å². The first-order valence-electron chi connectivity index (χ1n) is 6.86. The first-order chi connectivity index (χ1) is 8.84. The first-order valence-corrected chi connectivity index (χ1v) is 6.86. The average molecular weight is 244 g/mol. The summed E-state index contributed by atoms with van der Waals surface area (Å²) in [5.41, 5.74) is 0.948. The number of hydrogen-bond donors (Lipinski definition) is 1. The maximum absolute atomic E-state index is 4.52. The molecule has 0 saturated heterocycles. The largest absolute Gasteiger partial charge is 0.368 e. The zero-order valence-corrected chi connectivity index (χ0v) is 10.9. The number of pyridine rings is 1. The molecule has 0 amide bonds. The van der Waals surface area contributed by atoms with Gasteiger partial charge in [-0.1, -0.05) is 19.3 Å². The highest BCUT2D eigenvalue weighted by Gasteiger charge is 2.15. The van der Waals surface area contributed by atoms with Crippen LogP contribution >= 0.6 is 0 Å². The zero-order chi connectivity index (χ0) is 12.4. The molecule has 96 valence electrons. The summed E-state index contributed by atoms with van der Waals surface area (Å²) in [5.74, 6) is 1.79. The topological polar surface area (TPSA) is 42.7 Å². The van der Waals surface area contributed by atoms with E-state index in [-0.39, 0.29) is 0 Å². The van der Waals surface area contributed by atoms with E-state index in [2.05, 4.69) is 21.5 Å². The third-order valence-electron chi connectivity index (χ3n) is 3.88. The van der Waals surface area contributed by atoms with E-state index >= 15 is 0 Å². The van der Waals surface area contributed by atoms with E-state index in [9.17, 15) is 0 Å². The molecule has 0 unspecified atom stereocenters. The Morgan fingerprint density at radius 2 is 2.17 bits per heavy atom. The standard InChI is InChI=1S/C14H20N4/c1-18-14-12(8-5-9-15-14)13(17-18)16-10-11-6-3-2-4-7-11/h5,8-9,11H,2-4,6-7,10H2,1H3,(H,16,17). The van der Waals surface area contributed by atoms with E-state index in [1.54, 1.807) is 0 Å². The van der Waals surface area contributed by atoms with Crippen LogP contribution in [0.1, 0.15) is 32.1 Å². The summed E-state index contributed by atoms with van der Waals surface area (Å²) in [6.07, 6.45) is 8.71. The van der Waals surface area contributed by atoms with Crippen LogP contribution in [-0.4, -0.2) is 21.3 Å². The van der Waals surface area contributed by atoms with Crippen molar-refractivity contribution in [2.75, 3.05) is 11.9 Å². The van der Waals surface area contributed by atoms with E-state index in [0.717, 1.165) is 29.3 Å². The van der Waals surface area contributed by atoms with Crippen molar-refractivity contribution in [3.05, 3.63) is 18.3 Å². The Morgan fingerprint density at radius 3 is 3.00 bits per heavy atom. The van der Waals surface area contributed by atoms with Gasteiger partial charge in [0, 0.05) is 19.8 Å². The summed E-state index contributed by atoms with van der Waals surface area (Å²) in [6, 6.07) is 4.05. The molecule has 0 bridgehead atoms. The van der Waals surface area contributed by atoms with Gasteiger partial charge in [0.25, 0.3) is 0 Å². The van der Waals surface area contributed by atoms with Crippen LogP contribution < -0.4 is 5.32 Å². The van der Waals surface area contributed by atoms with Crippen LogP contribution in [0.4, 0.5) is 5.82 Å². The van der Waals surface area contributed by atoms with E-state index < -0.39 is 0 Å². The summed E-state index contributed by atoms with van der Waals surface area (Å²) in [4.78, 5) is 4.36. The summed E-state index contributed by atoms with van der Waals surface area (Å²) in [6.45, 7) is 1.04. The number of aromatic nitrogens is 3. The fraction of sp³-hybridized carbons (Fsp3) is 0.571. The third-order valence-corrected chi connectivity index (χ3v) is 3.88. The van der Waals surface area contributed by atoms with Crippen LogP contribution in [0.15, 0.2) is 18.3 Å². The van der Waals surface area contributed by atoms with Crippen molar-refractivity contribution in [2.45, 2.75) is 32.1 Å². The highest BCUT2D eigenvalue weighted by Crippen LogP contribution is 2.25. The van der Waals surface area contributed by atoms with Gasteiger partial charge < -0.3 is 5.32 Å². The van der Waals surface area contributed by atoms with E-state index in [1.165, 1.54) is 32.1 Å². The predicted molar refractivity (Wildman–Crippen MR) is 73.6 cm³/mol. The predicted octanol–water partition coefficient (Wildman–Crippen LogP) is 2.96. The molecule has 2 aromatic rings. The Bertz CT molecular complexity index is 526. The lowest BCUT2D eigenvalue weighted by atomic mass is 9.89. The van der Waals surface area contributed by atoms with Gasteiger partial charge in [-0.25, -0.2) is 9.67 Å². The number of nitrogens with one attached hydrogen (secondary N) is 1. The molecule has 1 aliphatic carbocycles. The van der Waals surface area contributed by atoms with Gasteiger partial charge in [-0.3, -0.25) is 0 Å². The molecule has 4 heteroatoms. The van der Waals surface area contributed by atoms with Crippen molar-refractivity contribution in [1.29, 1.82) is 0 Å². The zero-order valence-electron chi connectivity index (χ0n) is 10.9. The number of fused-ring (bicyclic) bond motifs is 1. The molecule has 2 heterocycles. The monoisotopic (exact) mass is 244 g/mol. The van der Waals surface area contributed by atoms with E-state index in [4.69, 9.17) is 0 Å². The second-order valence-corrected chi connectivity index (χ2v) is 5.23. The molecule has 18 heavy (non-hydrogen) atoms. The normalized spacial score (nSPS) is 17.2. The lowest BCUT2D eigenvalue weighted by molar-refractivity contribution is 0.373. The van der Waals surface area contributed by atoms with Crippen LogP contribution in [0.5, 0.6) is 0 Å². The molecule has 1 aliphatic rings. The summed E-state index contributed by atoms with van der Waals surface area (Å²) < 4.78 is 1.85. The van der Waals surface area contributed by atoms with E-state index in [1.807, 2.05) is 24.0 Å². The van der Waals surface area contributed by atoms with Crippen molar-refractivity contribution in [3.63, 3.8) is 0 Å². The van der Waals surface area contributed by atoms with Gasteiger partial charge in [-0.05, 0) is 30.9 Å². The molecule has 1 fully saturated rings. The minimum atomic E-state index is 0.812. The summed E-state index contributed by atoms with van der Waals surface area (Å²) in [5, 5.41) is 9.14. The van der Waals surface area contributed by atoms with Crippen LogP contribution in [0.3, 0.4) is 0 Å². The smallest absolute Gasteiger partial charge is 0.159 e. The minimum absolute atomic E-state index is 0.812. The van der Waals surface area contributed by atoms with Crippen LogP contribution in [-0.2, 0) is 7.05 Å². The molecular weight excluding hydrogens is 224 g/mol. The van der Waals surface area contributed by atoms with Gasteiger partial charge in [-0.2, -0.15) is 5.10 Å². The number of rotatable bonds is 3. The van der Waals surface area contributed by atoms with Crippen molar-refractivity contribution >= 4 is 16.9 Å². The van der Waals surface area contributed by atoms with Gasteiger partial charge in [0.15, 0.2) is 11.5 Å². The van der Waals surface area contributed by atoms with Gasteiger partial charge in [0.1, 0.15) is 0 Å². The lowest BCUT2D eigenvalue weighted by Crippen LogP contribution is -2.17. The minimum Gasteiger partial charge on any atom is -0.368 e. The number of anilines is 1. The highest BCUT2D eigenvalue weighted by atomic mass is 15.3. The van der Waals surface area contributed by atoms with Crippen molar-refractivity contribution in [1.82, 2.24) is 14.8 Å². The van der Waals surface area contributed by atoms with Crippen molar-refractivity contribution in [2.24, 2.45) is 13.0 Å². The SMILES string of the molecule is Cn1nc(NCC2CCCCC2)c2cccnc21. The van der Waals surface area contributed by atoms with Gasteiger partial charge in [-0.15, -0.1) is 0 Å². The molecule has 0 aromatic carbocycles.